The van der Waals surface area contributed by atoms with Crippen LogP contribution in [0.15, 0.2) is 30.3 Å². The van der Waals surface area contributed by atoms with Crippen LogP contribution in [0.5, 0.6) is 5.75 Å². The van der Waals surface area contributed by atoms with Gasteiger partial charge in [0.15, 0.2) is 0 Å². The second kappa shape index (κ2) is 12.9. The molecule has 1 unspecified atom stereocenters. The van der Waals surface area contributed by atoms with Crippen molar-refractivity contribution in [1.29, 1.82) is 0 Å². The number of hydrogen-bond donors (Lipinski definition) is 4. The summed E-state index contributed by atoms with van der Waals surface area (Å²) >= 11 is 0. The molecule has 0 bridgehead atoms. The molecule has 41 heavy (non-hydrogen) atoms. The topological polar surface area (TPSA) is 154 Å². The zero-order valence-electron chi connectivity index (χ0n) is 24.1. The maximum Gasteiger partial charge on any atom is 0.329 e. The summed E-state index contributed by atoms with van der Waals surface area (Å²) in [5.41, 5.74) is -1.30. The molecule has 2 saturated carbocycles. The summed E-state index contributed by atoms with van der Waals surface area (Å²) in [5, 5.41) is 17.9. The highest BCUT2D eigenvalue weighted by atomic mass is 16.5. The van der Waals surface area contributed by atoms with Crippen LogP contribution in [0.4, 0.5) is 0 Å². The van der Waals surface area contributed by atoms with Crippen molar-refractivity contribution in [2.45, 2.75) is 102 Å². The highest BCUT2D eigenvalue weighted by Crippen LogP contribution is 2.36. The minimum atomic E-state index is -1.30. The molecule has 0 aromatic heterocycles. The van der Waals surface area contributed by atoms with Gasteiger partial charge in [-0.2, -0.15) is 0 Å². The summed E-state index contributed by atoms with van der Waals surface area (Å²) in [6.07, 6.45) is 5.01. The molecule has 4 rings (SSSR count). The molecule has 0 spiro atoms. The number of para-hydroxylation sites is 1. The van der Waals surface area contributed by atoms with Crippen molar-refractivity contribution in [3.63, 3.8) is 0 Å². The van der Waals surface area contributed by atoms with E-state index in [1.807, 2.05) is 32.0 Å². The largest absolute Gasteiger partial charge is 0.488 e. The molecule has 3 aliphatic rings. The van der Waals surface area contributed by atoms with Crippen LogP contribution in [0, 0.1) is 11.8 Å². The normalized spacial score (nSPS) is 23.3. The molecule has 1 aliphatic heterocycles. The zero-order valence-corrected chi connectivity index (χ0v) is 24.1. The predicted octanol–water partition coefficient (Wildman–Crippen LogP) is 1.99. The quantitative estimate of drug-likeness (QED) is 0.317. The van der Waals surface area contributed by atoms with Crippen LogP contribution in [0.1, 0.15) is 72.1 Å². The summed E-state index contributed by atoms with van der Waals surface area (Å²) in [6, 6.07) is 6.40. The number of aliphatic carboxylic acids is 1. The van der Waals surface area contributed by atoms with Crippen molar-refractivity contribution >= 4 is 29.6 Å². The van der Waals surface area contributed by atoms with Gasteiger partial charge in [-0.05, 0) is 49.7 Å². The third-order valence-electron chi connectivity index (χ3n) is 8.41. The lowest BCUT2D eigenvalue weighted by Gasteiger charge is -2.34. The van der Waals surface area contributed by atoms with Crippen LogP contribution in [-0.4, -0.2) is 75.9 Å². The van der Waals surface area contributed by atoms with E-state index in [2.05, 4.69) is 16.0 Å². The number of nitrogens with one attached hydrogen (secondary N) is 3. The van der Waals surface area contributed by atoms with E-state index in [9.17, 15) is 29.1 Å². The van der Waals surface area contributed by atoms with Crippen LogP contribution in [0.2, 0.25) is 0 Å². The molecular weight excluding hydrogens is 528 g/mol. The van der Waals surface area contributed by atoms with Gasteiger partial charge in [0.25, 0.3) is 0 Å². The third-order valence-corrected chi connectivity index (χ3v) is 8.41. The average Bonchev–Trinajstić information content (AvgIpc) is 3.61. The van der Waals surface area contributed by atoms with Crippen molar-refractivity contribution in [3.05, 3.63) is 30.3 Å². The fraction of sp³-hybridized carbons (Fsp3) is 0.633. The number of ether oxygens (including phenoxy) is 1. The molecule has 11 nitrogen and oxygen atoms in total. The second-order valence-electron chi connectivity index (χ2n) is 12.0. The van der Waals surface area contributed by atoms with E-state index in [1.165, 1.54) is 11.8 Å². The van der Waals surface area contributed by atoms with E-state index in [1.54, 1.807) is 12.1 Å². The highest BCUT2D eigenvalue weighted by molar-refractivity contribution is 5.96. The van der Waals surface area contributed by atoms with Crippen LogP contribution < -0.4 is 20.7 Å². The van der Waals surface area contributed by atoms with Crippen molar-refractivity contribution < 1.29 is 33.8 Å². The van der Waals surface area contributed by atoms with E-state index in [0.29, 0.717) is 18.6 Å². The molecule has 1 saturated heterocycles. The first-order chi connectivity index (χ1) is 19.5. The molecule has 4 atom stereocenters. The molecule has 3 fully saturated rings. The molecule has 2 aliphatic carbocycles. The first kappa shape index (κ1) is 30.3. The summed E-state index contributed by atoms with van der Waals surface area (Å²) < 4.78 is 6.09. The van der Waals surface area contributed by atoms with Gasteiger partial charge in [-0.15, -0.1) is 0 Å². The molecule has 1 heterocycles. The minimum Gasteiger partial charge on any atom is -0.488 e. The fourth-order valence-corrected chi connectivity index (χ4v) is 5.92. The molecule has 11 heteroatoms. The fourth-order valence-electron chi connectivity index (χ4n) is 5.92. The van der Waals surface area contributed by atoms with Gasteiger partial charge >= 0.3 is 5.97 Å². The smallest absolute Gasteiger partial charge is 0.329 e. The Kier molecular flexibility index (Phi) is 9.55. The monoisotopic (exact) mass is 570 g/mol. The van der Waals surface area contributed by atoms with Gasteiger partial charge in [0, 0.05) is 13.3 Å². The summed E-state index contributed by atoms with van der Waals surface area (Å²) in [7, 11) is 0. The number of hydrogen-bond acceptors (Lipinski definition) is 6. The number of amides is 4. The van der Waals surface area contributed by atoms with Crippen LogP contribution in [0.25, 0.3) is 0 Å². The molecular formula is C30H42N4O7. The van der Waals surface area contributed by atoms with E-state index in [4.69, 9.17) is 4.74 Å². The SMILES string of the molecule is CC(=O)N[C@H](C(=O)N[C@H](C(=O)N1C[C@H](Oc2ccccc2)CC1C(=O)NC1(C(=O)O)CC1)C(C)C)C1CCCCC1. The Balaban J connectivity index is 1.54. The Bertz CT molecular complexity index is 1130. The lowest BCUT2D eigenvalue weighted by Crippen LogP contribution is -2.60. The van der Waals surface area contributed by atoms with Gasteiger partial charge in [0.2, 0.25) is 23.6 Å². The summed E-state index contributed by atoms with van der Waals surface area (Å²) in [5.74, 6) is -2.57. The highest BCUT2D eigenvalue weighted by Gasteiger charge is 2.54. The number of carboxylic acids is 1. The second-order valence-corrected chi connectivity index (χ2v) is 12.0. The van der Waals surface area contributed by atoms with Crippen LogP contribution >= 0.6 is 0 Å². The molecule has 224 valence electrons. The number of carbonyl (C=O) groups excluding carboxylic acids is 4. The Morgan fingerprint density at radius 1 is 1.00 bits per heavy atom. The van der Waals surface area contributed by atoms with Gasteiger partial charge < -0.3 is 30.7 Å². The lowest BCUT2D eigenvalue weighted by atomic mass is 9.83. The predicted molar refractivity (Wildman–Crippen MR) is 150 cm³/mol. The molecule has 0 radical (unpaired) electrons. The maximum atomic E-state index is 14.0. The van der Waals surface area contributed by atoms with Gasteiger partial charge in [0.05, 0.1) is 6.54 Å². The molecule has 1 aromatic carbocycles. The van der Waals surface area contributed by atoms with E-state index in [0.717, 1.165) is 32.1 Å². The van der Waals surface area contributed by atoms with Gasteiger partial charge in [0.1, 0.15) is 35.5 Å². The number of likely N-dealkylation sites (tertiary alicyclic amines) is 1. The van der Waals surface area contributed by atoms with Crippen molar-refractivity contribution in [3.8, 4) is 5.75 Å². The van der Waals surface area contributed by atoms with Gasteiger partial charge in [-0.3, -0.25) is 19.2 Å². The zero-order chi connectivity index (χ0) is 29.7. The van der Waals surface area contributed by atoms with Gasteiger partial charge in [-0.25, -0.2) is 4.79 Å². The third kappa shape index (κ3) is 7.37. The number of rotatable bonds is 11. The van der Waals surface area contributed by atoms with Crippen molar-refractivity contribution in [2.75, 3.05) is 6.54 Å². The minimum absolute atomic E-state index is 0.0183. The molecule has 4 N–H and O–H groups in total. The van der Waals surface area contributed by atoms with E-state index in [-0.39, 0.29) is 30.7 Å². The van der Waals surface area contributed by atoms with Crippen LogP contribution in [0.3, 0.4) is 0 Å². The van der Waals surface area contributed by atoms with Crippen LogP contribution in [-0.2, 0) is 24.0 Å². The first-order valence-corrected chi connectivity index (χ1v) is 14.7. The molecule has 4 amide bonds. The van der Waals surface area contributed by atoms with E-state index >= 15 is 0 Å². The van der Waals surface area contributed by atoms with Crippen molar-refractivity contribution in [2.24, 2.45) is 11.8 Å². The number of benzene rings is 1. The first-order valence-electron chi connectivity index (χ1n) is 14.7. The number of nitrogens with zero attached hydrogens (tertiary/aromatic N) is 1. The number of carbonyl (C=O) groups is 5. The Morgan fingerprint density at radius 2 is 1.66 bits per heavy atom. The lowest BCUT2D eigenvalue weighted by molar-refractivity contribution is -0.146. The van der Waals surface area contributed by atoms with Crippen molar-refractivity contribution in [1.82, 2.24) is 20.9 Å². The summed E-state index contributed by atoms with van der Waals surface area (Å²) in [6.45, 7) is 5.09. The van der Waals surface area contributed by atoms with E-state index < -0.39 is 53.5 Å². The Morgan fingerprint density at radius 3 is 2.22 bits per heavy atom. The number of carboxylic acid groups (broad SMARTS) is 1. The Hall–Kier alpha value is -3.63. The standard InChI is InChI=1S/C30H42N4O7/c1-18(2)24(32-27(37)25(31-19(3)35)20-10-6-4-7-11-20)28(38)34-17-22(41-21-12-8-5-9-13-21)16-23(34)26(36)33-30(14-15-30)29(39)40/h5,8-9,12-13,18,20,22-25H,4,6-7,10-11,14-17H2,1-3H3,(H,31,35)(H,32,37)(H,33,36)(H,39,40)/t22-,23?,24+,25+/m1/s1. The maximum absolute atomic E-state index is 14.0. The average molecular weight is 571 g/mol. The summed E-state index contributed by atoms with van der Waals surface area (Å²) in [4.78, 5) is 66.1. The van der Waals surface area contributed by atoms with Gasteiger partial charge in [-0.1, -0.05) is 51.3 Å². The molecule has 1 aromatic rings. The Labute approximate surface area is 240 Å².